The van der Waals surface area contributed by atoms with Crippen molar-refractivity contribution in [3.8, 4) is 0 Å². The third kappa shape index (κ3) is 5.57. The minimum absolute atomic E-state index is 0. The molecule has 2 N–H and O–H groups in total. The van der Waals surface area contributed by atoms with Gasteiger partial charge < -0.3 is 15.5 Å². The van der Waals surface area contributed by atoms with Crippen molar-refractivity contribution in [2.45, 2.75) is 26.3 Å². The van der Waals surface area contributed by atoms with Crippen LogP contribution in [0.25, 0.3) is 0 Å². The van der Waals surface area contributed by atoms with E-state index in [1.165, 1.54) is 0 Å². The summed E-state index contributed by atoms with van der Waals surface area (Å²) in [6, 6.07) is 0.359. The molecule has 0 saturated carbocycles. The fourth-order valence-electron chi connectivity index (χ4n) is 3.21. The van der Waals surface area contributed by atoms with Gasteiger partial charge in [-0.05, 0) is 32.4 Å². The Hall–Kier alpha value is -0.0700. The Labute approximate surface area is 141 Å². The first-order chi connectivity index (χ1) is 9.13. The summed E-state index contributed by atoms with van der Waals surface area (Å²) in [5, 5.41) is 0. The highest BCUT2D eigenvalue weighted by atomic mass is 35.5. The maximum atomic E-state index is 12.4. The van der Waals surface area contributed by atoms with Crippen LogP contribution in [0, 0.1) is 5.92 Å². The average Bonchev–Trinajstić information content (AvgIpc) is 2.81. The van der Waals surface area contributed by atoms with Crippen LogP contribution >= 0.6 is 24.8 Å². The second kappa shape index (κ2) is 9.85. The number of piperazine rings is 1. The molecule has 21 heavy (non-hydrogen) atoms. The van der Waals surface area contributed by atoms with Crippen molar-refractivity contribution in [2.75, 3.05) is 52.4 Å². The molecule has 2 saturated heterocycles. The van der Waals surface area contributed by atoms with Crippen LogP contribution in [-0.2, 0) is 4.79 Å². The van der Waals surface area contributed by atoms with E-state index in [1.54, 1.807) is 0 Å². The number of rotatable bonds is 4. The summed E-state index contributed by atoms with van der Waals surface area (Å²) in [6.07, 6.45) is 1.06. The van der Waals surface area contributed by atoms with Crippen LogP contribution in [0.15, 0.2) is 0 Å². The maximum Gasteiger partial charge on any atom is 0.236 e. The quantitative estimate of drug-likeness (QED) is 0.816. The van der Waals surface area contributed by atoms with Crippen LogP contribution in [-0.4, -0.2) is 79.0 Å². The highest BCUT2D eigenvalue weighted by Crippen LogP contribution is 2.22. The molecule has 2 rings (SSSR count). The summed E-state index contributed by atoms with van der Waals surface area (Å²) in [5.41, 5.74) is 5.72. The zero-order valence-electron chi connectivity index (χ0n) is 13.2. The number of hydrogen-bond acceptors (Lipinski definition) is 4. The molecular weight excluding hydrogens is 311 g/mol. The van der Waals surface area contributed by atoms with E-state index >= 15 is 0 Å². The highest BCUT2D eigenvalue weighted by molar-refractivity contribution is 5.85. The predicted molar refractivity (Wildman–Crippen MR) is 91.4 cm³/mol. The first-order valence-electron chi connectivity index (χ1n) is 7.58. The molecule has 126 valence electrons. The summed E-state index contributed by atoms with van der Waals surface area (Å²) in [5.74, 6) is 0.782. The van der Waals surface area contributed by atoms with Crippen LogP contribution in [0.5, 0.6) is 0 Å². The number of likely N-dealkylation sites (N-methyl/N-ethyl adjacent to an activating group) is 1. The molecular formula is C14H30Cl2N4O. The molecule has 1 amide bonds. The van der Waals surface area contributed by atoms with Gasteiger partial charge in [0.2, 0.25) is 5.91 Å². The summed E-state index contributed by atoms with van der Waals surface area (Å²) in [4.78, 5) is 19.1. The normalized spacial score (nSPS) is 27.1. The molecule has 0 aromatic carbocycles. The number of carbonyl (C=O) groups is 1. The number of hydrogen-bond donors (Lipinski definition) is 1. The van der Waals surface area contributed by atoms with Crippen LogP contribution in [0.3, 0.4) is 0 Å². The molecule has 0 radical (unpaired) electrons. The van der Waals surface area contributed by atoms with Gasteiger partial charge in [0.15, 0.2) is 0 Å². The highest BCUT2D eigenvalue weighted by Gasteiger charge is 2.32. The lowest BCUT2D eigenvalue weighted by atomic mass is 10.1. The summed E-state index contributed by atoms with van der Waals surface area (Å²) >= 11 is 0. The maximum absolute atomic E-state index is 12.4. The monoisotopic (exact) mass is 340 g/mol. The van der Waals surface area contributed by atoms with Gasteiger partial charge in [0, 0.05) is 38.8 Å². The van der Waals surface area contributed by atoms with E-state index in [9.17, 15) is 4.79 Å². The van der Waals surface area contributed by atoms with Gasteiger partial charge in [-0.15, -0.1) is 24.8 Å². The van der Waals surface area contributed by atoms with E-state index in [0.29, 0.717) is 25.0 Å². The van der Waals surface area contributed by atoms with Gasteiger partial charge in [-0.1, -0.05) is 6.92 Å². The Kier molecular flexibility index (Phi) is 9.81. The molecule has 0 aromatic rings. The first kappa shape index (κ1) is 20.9. The Morgan fingerprint density at radius 1 is 1.14 bits per heavy atom. The number of nitrogens with two attached hydrogens (primary N) is 1. The van der Waals surface area contributed by atoms with Gasteiger partial charge in [-0.2, -0.15) is 0 Å². The van der Waals surface area contributed by atoms with Crippen LogP contribution in [0.4, 0.5) is 0 Å². The fourth-order valence-corrected chi connectivity index (χ4v) is 3.21. The molecule has 0 bridgehead atoms. The van der Waals surface area contributed by atoms with E-state index in [2.05, 4.69) is 23.6 Å². The summed E-state index contributed by atoms with van der Waals surface area (Å²) in [6.45, 7) is 11.8. The molecule has 2 heterocycles. The number of likely N-dealkylation sites (tertiary alicyclic amines) is 1. The molecule has 5 nitrogen and oxygen atoms in total. The van der Waals surface area contributed by atoms with Crippen molar-refractivity contribution in [2.24, 2.45) is 11.7 Å². The zero-order valence-corrected chi connectivity index (χ0v) is 14.8. The van der Waals surface area contributed by atoms with Crippen molar-refractivity contribution in [1.29, 1.82) is 0 Å². The van der Waals surface area contributed by atoms with Gasteiger partial charge in [0.1, 0.15) is 0 Å². The minimum Gasteiger partial charge on any atom is -0.339 e. The Morgan fingerprint density at radius 3 is 2.19 bits per heavy atom. The van der Waals surface area contributed by atoms with E-state index in [1.807, 2.05) is 4.90 Å². The zero-order chi connectivity index (χ0) is 13.8. The third-order valence-corrected chi connectivity index (χ3v) is 4.59. The van der Waals surface area contributed by atoms with Gasteiger partial charge in [0.25, 0.3) is 0 Å². The molecule has 0 aromatic heterocycles. The fraction of sp³-hybridized carbons (Fsp3) is 0.929. The lowest BCUT2D eigenvalue weighted by Crippen LogP contribution is -2.50. The molecule has 2 atom stereocenters. The lowest BCUT2D eigenvalue weighted by molar-refractivity contribution is -0.133. The van der Waals surface area contributed by atoms with Crippen molar-refractivity contribution < 1.29 is 4.79 Å². The van der Waals surface area contributed by atoms with Gasteiger partial charge in [-0.3, -0.25) is 9.69 Å². The van der Waals surface area contributed by atoms with Gasteiger partial charge in [-0.25, -0.2) is 0 Å². The second-order valence-corrected chi connectivity index (χ2v) is 5.94. The SMILES string of the molecule is CCN1CCN(CC(=O)N2CC(CN)CC2C)CC1.Cl.Cl. The Bertz CT molecular complexity index is 311. The number of amides is 1. The summed E-state index contributed by atoms with van der Waals surface area (Å²) < 4.78 is 0. The number of nitrogens with zero attached hydrogens (tertiary/aromatic N) is 3. The largest absolute Gasteiger partial charge is 0.339 e. The average molecular weight is 341 g/mol. The van der Waals surface area contributed by atoms with Crippen molar-refractivity contribution in [3.05, 3.63) is 0 Å². The molecule has 0 spiro atoms. The number of halogens is 2. The molecule has 0 aliphatic carbocycles. The second-order valence-electron chi connectivity index (χ2n) is 5.94. The van der Waals surface area contributed by atoms with E-state index in [4.69, 9.17) is 5.73 Å². The molecule has 2 aliphatic rings. The smallest absolute Gasteiger partial charge is 0.236 e. The van der Waals surface area contributed by atoms with Crippen molar-refractivity contribution >= 4 is 30.7 Å². The Morgan fingerprint density at radius 2 is 1.71 bits per heavy atom. The topological polar surface area (TPSA) is 52.8 Å². The summed E-state index contributed by atoms with van der Waals surface area (Å²) in [7, 11) is 0. The van der Waals surface area contributed by atoms with Gasteiger partial charge >= 0.3 is 0 Å². The third-order valence-electron chi connectivity index (χ3n) is 4.59. The number of carbonyl (C=O) groups excluding carboxylic acids is 1. The molecule has 2 aliphatic heterocycles. The minimum atomic E-state index is 0. The standard InChI is InChI=1S/C14H28N4O.2ClH/c1-3-16-4-6-17(7-5-16)11-14(19)18-10-13(9-15)8-12(18)2;;/h12-13H,3-11,15H2,1-2H3;2*1H. The van der Waals surface area contributed by atoms with Crippen molar-refractivity contribution in [3.63, 3.8) is 0 Å². The first-order valence-corrected chi connectivity index (χ1v) is 7.58. The van der Waals surface area contributed by atoms with Crippen LogP contribution in [0.2, 0.25) is 0 Å². The molecule has 2 unspecified atom stereocenters. The van der Waals surface area contributed by atoms with E-state index in [-0.39, 0.29) is 30.7 Å². The van der Waals surface area contributed by atoms with Crippen LogP contribution < -0.4 is 5.73 Å². The molecule has 7 heteroatoms. The van der Waals surface area contributed by atoms with Gasteiger partial charge in [0.05, 0.1) is 6.54 Å². The van der Waals surface area contributed by atoms with E-state index < -0.39 is 0 Å². The van der Waals surface area contributed by atoms with E-state index in [0.717, 1.165) is 45.7 Å². The lowest BCUT2D eigenvalue weighted by Gasteiger charge is -2.34. The predicted octanol–water partition coefficient (Wildman–Crippen LogP) is 0.663. The van der Waals surface area contributed by atoms with Crippen LogP contribution in [0.1, 0.15) is 20.3 Å². The van der Waals surface area contributed by atoms with Crippen molar-refractivity contribution in [1.82, 2.24) is 14.7 Å². The molecule has 2 fully saturated rings. The Balaban J connectivity index is 0.00000200.